The zero-order valence-electron chi connectivity index (χ0n) is 41.6. The smallest absolute Gasteiger partial charge is 0.252 e. The summed E-state index contributed by atoms with van der Waals surface area (Å²) in [4.78, 5) is 5.02. The molecule has 344 valence electrons. The summed E-state index contributed by atoms with van der Waals surface area (Å²) in [6, 6.07) is 59.3. The fourth-order valence-corrected chi connectivity index (χ4v) is 11.9. The molecular formula is C64H57BN2O3. The van der Waals surface area contributed by atoms with Crippen LogP contribution in [0, 0.1) is 6.92 Å². The maximum atomic E-state index is 6.75. The van der Waals surface area contributed by atoms with Gasteiger partial charge in [-0.3, -0.25) is 0 Å². The normalized spacial score (nSPS) is 15.1. The second-order valence-electron chi connectivity index (χ2n) is 22.5. The van der Waals surface area contributed by atoms with Gasteiger partial charge in [0.15, 0.2) is 11.5 Å². The molecule has 0 saturated heterocycles. The summed E-state index contributed by atoms with van der Waals surface area (Å²) in [6.45, 7) is 21.9. The average Bonchev–Trinajstić information content (AvgIpc) is 3.89. The fraction of sp³-hybridized carbons (Fsp3) is 0.219. The zero-order chi connectivity index (χ0) is 48.0. The molecule has 8 aromatic carbocycles. The van der Waals surface area contributed by atoms with Crippen LogP contribution >= 0.6 is 0 Å². The van der Waals surface area contributed by atoms with Gasteiger partial charge in [0.25, 0.3) is 6.71 Å². The summed E-state index contributed by atoms with van der Waals surface area (Å²) in [5.74, 6) is 2.40. The van der Waals surface area contributed by atoms with Gasteiger partial charge in [-0.2, -0.15) is 0 Å². The molecule has 70 heavy (non-hydrogen) atoms. The minimum Gasteiger partial charge on any atom is -0.486 e. The molecule has 0 amide bonds. The molecule has 4 aliphatic rings. The van der Waals surface area contributed by atoms with Gasteiger partial charge < -0.3 is 23.7 Å². The van der Waals surface area contributed by atoms with Gasteiger partial charge in [0.2, 0.25) is 0 Å². The van der Waals surface area contributed by atoms with E-state index in [1.165, 1.54) is 83.6 Å². The van der Waals surface area contributed by atoms with Gasteiger partial charge >= 0.3 is 0 Å². The van der Waals surface area contributed by atoms with Crippen molar-refractivity contribution in [3.63, 3.8) is 0 Å². The van der Waals surface area contributed by atoms with Crippen LogP contribution in [-0.4, -0.2) is 19.9 Å². The third-order valence-corrected chi connectivity index (χ3v) is 15.5. The molecule has 0 N–H and O–H groups in total. The topological polar surface area (TPSA) is 38.1 Å². The molecule has 13 rings (SSSR count). The molecule has 0 unspecified atom stereocenters. The largest absolute Gasteiger partial charge is 0.486 e. The van der Waals surface area contributed by atoms with E-state index in [1.54, 1.807) is 0 Å². The van der Waals surface area contributed by atoms with Gasteiger partial charge in [-0.25, -0.2) is 0 Å². The number of para-hydroxylation sites is 1. The van der Waals surface area contributed by atoms with Crippen molar-refractivity contribution < 1.29 is 13.9 Å². The highest BCUT2D eigenvalue weighted by Crippen LogP contribution is 2.52. The van der Waals surface area contributed by atoms with E-state index in [4.69, 9.17) is 13.9 Å². The van der Waals surface area contributed by atoms with Crippen molar-refractivity contribution in [2.75, 3.05) is 23.0 Å². The van der Waals surface area contributed by atoms with Crippen molar-refractivity contribution in [2.45, 2.75) is 78.6 Å². The van der Waals surface area contributed by atoms with Crippen molar-refractivity contribution in [2.24, 2.45) is 0 Å². The number of anilines is 6. The molecular weight excluding hydrogens is 856 g/mol. The molecule has 9 aromatic rings. The predicted molar refractivity (Wildman–Crippen MR) is 292 cm³/mol. The van der Waals surface area contributed by atoms with Gasteiger partial charge in [0, 0.05) is 50.9 Å². The van der Waals surface area contributed by atoms with E-state index in [9.17, 15) is 0 Å². The lowest BCUT2D eigenvalue weighted by molar-refractivity contribution is 0.171. The maximum Gasteiger partial charge on any atom is 0.252 e. The zero-order valence-corrected chi connectivity index (χ0v) is 41.6. The standard InChI is InChI=1S/C64H57BN2O3/c1-38-28-55-61-56(29-38)67(46-31-41(30-42(32-46)59-34-40-14-10-13-17-57(40)70-59)39-18-22-48-47-15-11-12-16-49(47)64(8,9)50(48)33-39)54-24-20-44(63(5,6)7)36-52(54)65(61)51-35-43(62(2,3)4)19-23-53(51)66(55)45-21-25-58-60(37-45)69-27-26-68-58/h10-25,28-37H,26-27H2,1-9H3. The van der Waals surface area contributed by atoms with Gasteiger partial charge in [-0.05, 0) is 157 Å². The lowest BCUT2D eigenvalue weighted by Gasteiger charge is -2.45. The monoisotopic (exact) mass is 912 g/mol. The van der Waals surface area contributed by atoms with Crippen molar-refractivity contribution in [1.82, 2.24) is 0 Å². The molecule has 0 fully saturated rings. The van der Waals surface area contributed by atoms with Crippen LogP contribution in [0.3, 0.4) is 0 Å². The molecule has 1 aromatic heterocycles. The van der Waals surface area contributed by atoms with Crippen molar-refractivity contribution in [3.05, 3.63) is 186 Å². The molecule has 0 spiro atoms. The first kappa shape index (κ1) is 42.7. The highest BCUT2D eigenvalue weighted by Gasteiger charge is 2.45. The Balaban J connectivity index is 1.09. The summed E-state index contributed by atoms with van der Waals surface area (Å²) in [7, 11) is 0. The van der Waals surface area contributed by atoms with Gasteiger partial charge in [0.1, 0.15) is 24.6 Å². The molecule has 1 aliphatic carbocycles. The molecule has 3 aliphatic heterocycles. The first-order valence-electron chi connectivity index (χ1n) is 24.9. The van der Waals surface area contributed by atoms with E-state index in [2.05, 4.69) is 224 Å². The first-order chi connectivity index (χ1) is 33.6. The number of nitrogens with zero attached hydrogens (tertiary/aromatic N) is 2. The van der Waals surface area contributed by atoms with Crippen LogP contribution in [0.2, 0.25) is 0 Å². The van der Waals surface area contributed by atoms with Crippen molar-refractivity contribution in [3.8, 4) is 45.1 Å². The summed E-state index contributed by atoms with van der Waals surface area (Å²) >= 11 is 0. The van der Waals surface area contributed by atoms with Crippen LogP contribution in [0.5, 0.6) is 11.5 Å². The molecule has 0 saturated carbocycles. The average molecular weight is 913 g/mol. The summed E-state index contributed by atoms with van der Waals surface area (Å²) in [5.41, 5.74) is 23.8. The van der Waals surface area contributed by atoms with E-state index in [0.29, 0.717) is 13.2 Å². The molecule has 5 nitrogen and oxygen atoms in total. The van der Waals surface area contributed by atoms with Crippen LogP contribution in [0.25, 0.3) is 44.5 Å². The number of ether oxygens (including phenoxy) is 2. The van der Waals surface area contributed by atoms with Crippen LogP contribution in [0.15, 0.2) is 162 Å². The van der Waals surface area contributed by atoms with E-state index in [-0.39, 0.29) is 23.0 Å². The predicted octanol–water partition coefficient (Wildman–Crippen LogP) is 14.8. The van der Waals surface area contributed by atoms with E-state index >= 15 is 0 Å². The Kier molecular flexibility index (Phi) is 9.16. The quantitative estimate of drug-likeness (QED) is 0.165. The van der Waals surface area contributed by atoms with Crippen LogP contribution in [0.4, 0.5) is 34.1 Å². The summed E-state index contributed by atoms with van der Waals surface area (Å²) in [5, 5.41) is 1.09. The highest BCUT2D eigenvalue weighted by molar-refractivity contribution is 7.00. The van der Waals surface area contributed by atoms with Crippen molar-refractivity contribution >= 4 is 68.2 Å². The van der Waals surface area contributed by atoms with Crippen LogP contribution < -0.4 is 35.7 Å². The second kappa shape index (κ2) is 15.0. The lowest BCUT2D eigenvalue weighted by Crippen LogP contribution is -2.61. The lowest BCUT2D eigenvalue weighted by atomic mass is 9.33. The molecule has 0 radical (unpaired) electrons. The number of rotatable bonds is 4. The Bertz CT molecular complexity index is 3630. The van der Waals surface area contributed by atoms with Gasteiger partial charge in [0.05, 0.1) is 5.69 Å². The SMILES string of the molecule is Cc1cc2c3c(c1)N(c1ccc4c(c1)OCCO4)c1ccc(C(C)(C)C)cc1B3c1cc(C(C)(C)C)ccc1N2c1cc(-c2ccc3c(c2)C(C)(C)c2ccccc2-3)cc(-c2cc3ccccc3o2)c1. The number of fused-ring (bicyclic) bond motifs is 9. The molecule has 0 bridgehead atoms. The minimum absolute atomic E-state index is 0.0384. The van der Waals surface area contributed by atoms with Crippen LogP contribution in [-0.2, 0) is 16.2 Å². The minimum atomic E-state index is -0.139. The maximum absolute atomic E-state index is 6.75. The Morgan fingerprint density at radius 3 is 1.83 bits per heavy atom. The molecule has 0 atom stereocenters. The highest BCUT2D eigenvalue weighted by atomic mass is 16.6. The fourth-order valence-electron chi connectivity index (χ4n) is 11.9. The number of hydrogen-bond acceptors (Lipinski definition) is 5. The molecule has 4 heterocycles. The number of furan rings is 1. The molecule has 6 heteroatoms. The van der Waals surface area contributed by atoms with E-state index < -0.39 is 0 Å². The van der Waals surface area contributed by atoms with E-state index in [0.717, 1.165) is 50.7 Å². The third kappa shape index (κ3) is 6.52. The Labute approximate surface area is 412 Å². The van der Waals surface area contributed by atoms with Gasteiger partial charge in [-0.1, -0.05) is 134 Å². The Morgan fingerprint density at radius 1 is 0.500 bits per heavy atom. The number of benzene rings is 8. The Morgan fingerprint density at radius 2 is 1.13 bits per heavy atom. The second-order valence-corrected chi connectivity index (χ2v) is 22.5. The van der Waals surface area contributed by atoms with Crippen molar-refractivity contribution in [1.29, 1.82) is 0 Å². The third-order valence-electron chi connectivity index (χ3n) is 15.5. The van der Waals surface area contributed by atoms with E-state index in [1.807, 2.05) is 6.07 Å². The van der Waals surface area contributed by atoms with Crippen LogP contribution in [0.1, 0.15) is 83.2 Å². The summed E-state index contributed by atoms with van der Waals surface area (Å²) in [6.07, 6.45) is 0. The van der Waals surface area contributed by atoms with Gasteiger partial charge in [-0.15, -0.1) is 0 Å². The summed E-state index contributed by atoms with van der Waals surface area (Å²) < 4.78 is 19.1. The number of aryl methyl sites for hydroxylation is 1. The Hall–Kier alpha value is -7.44. The first-order valence-corrected chi connectivity index (χ1v) is 24.9. The number of hydrogen-bond donors (Lipinski definition) is 0.